The molecule has 76 heavy (non-hydrogen) atoms. The molecular formula is C48H56Cl4F4N12O6S2. The van der Waals surface area contributed by atoms with Crippen molar-refractivity contribution < 1.29 is 44.0 Å². The number of carbonyl (C=O) groups excluding carboxylic acids is 2. The highest BCUT2D eigenvalue weighted by Crippen LogP contribution is 2.37. The molecule has 4 aromatic heterocycles. The Bertz CT molecular complexity index is 3330. The molecule has 412 valence electrons. The molecule has 0 aliphatic carbocycles. The number of anilines is 3. The van der Waals surface area contributed by atoms with Crippen LogP contribution in [0.4, 0.5) is 34.8 Å². The Balaban J connectivity index is 0.000000196. The molecule has 10 rings (SSSR count). The molecule has 0 spiro atoms. The van der Waals surface area contributed by atoms with Gasteiger partial charge in [-0.2, -0.15) is 10.2 Å². The fraction of sp³-hybridized carbons (Fsp3) is 0.458. The van der Waals surface area contributed by atoms with E-state index in [0.29, 0.717) is 69.8 Å². The standard InChI is InChI=1S/C24H27ClF2N6O3S.C20H21Cl2N5O3S.C4H7F2N.ClH/c1-15-13-33-21(28-22(15)31-10-8-24(26,27)14-31)12-19(29-33)20-5-3-4-9-32(20)23(34)17-11-16(25)6-7-18(17)30-37(2,35)36;1-12-11-27-18(23-19(12)22)10-16(24-27)17-5-3-4-8-26(17)20(28)14-9-13(21)6-7-15(14)25-31(2,29)30;5-4(6)1-2-7-3-4;/h6-7,11-13,20,30H,3-5,8-10,14H2,1-2H3;6-7,9-11,17,25H,3-5,8H2,1-2H3;7H,1-3H2;1H/t20-;17-;;/m00../s1. The number of piperidine rings is 2. The number of alkyl halides is 4. The number of aromatic nitrogens is 6. The fourth-order valence-corrected chi connectivity index (χ4v) is 11.1. The quantitative estimate of drug-likeness (QED) is 0.0914. The molecule has 6 aromatic rings. The van der Waals surface area contributed by atoms with Gasteiger partial charge < -0.3 is 20.0 Å². The summed E-state index contributed by atoms with van der Waals surface area (Å²) in [5.41, 5.74) is 4.68. The Morgan fingerprint density at radius 1 is 0.671 bits per heavy atom. The van der Waals surface area contributed by atoms with Crippen molar-refractivity contribution in [3.05, 3.63) is 110 Å². The smallest absolute Gasteiger partial charge is 0.266 e. The molecule has 3 N–H and O–H groups in total. The van der Waals surface area contributed by atoms with Gasteiger partial charge in [0, 0.05) is 84.7 Å². The van der Waals surface area contributed by atoms with Gasteiger partial charge in [-0.05, 0) is 88.8 Å². The number of sulfonamides is 2. The number of hydrogen-bond acceptors (Lipinski definition) is 12. The van der Waals surface area contributed by atoms with Crippen molar-refractivity contribution in [2.24, 2.45) is 0 Å². The lowest BCUT2D eigenvalue weighted by Crippen LogP contribution is -2.39. The topological polar surface area (TPSA) is 209 Å². The SMILES string of the molecule is Cc1cn2nc([C@@H]3CCCCN3C(=O)c3cc(Cl)ccc3NS(C)(=O)=O)cc2nc1Cl.Cc1cn2nc([C@@H]3CCCCN3C(=O)c3cc(Cl)ccc3NS(C)(=O)=O)cc2nc1N1CCC(F)(F)C1.Cl.FC1(F)CCNC1. The van der Waals surface area contributed by atoms with Crippen LogP contribution in [0.2, 0.25) is 15.2 Å². The summed E-state index contributed by atoms with van der Waals surface area (Å²) < 4.78 is 107. The second-order valence-electron chi connectivity index (χ2n) is 19.2. The Hall–Kier alpha value is -5.24. The minimum atomic E-state index is -3.62. The van der Waals surface area contributed by atoms with Crippen LogP contribution in [0.1, 0.15) is 107 Å². The van der Waals surface area contributed by atoms with Gasteiger partial charge in [0.15, 0.2) is 11.3 Å². The lowest BCUT2D eigenvalue weighted by molar-refractivity contribution is 0.0235. The summed E-state index contributed by atoms with van der Waals surface area (Å²) in [7, 11) is -7.19. The molecule has 0 bridgehead atoms. The molecule has 0 saturated carbocycles. The predicted octanol–water partition coefficient (Wildman–Crippen LogP) is 9.40. The number of aryl methyl sites for hydroxylation is 2. The molecule has 4 fully saturated rings. The van der Waals surface area contributed by atoms with Crippen molar-refractivity contribution in [3.63, 3.8) is 0 Å². The molecule has 0 unspecified atom stereocenters. The minimum absolute atomic E-state index is 0. The van der Waals surface area contributed by atoms with E-state index in [0.717, 1.165) is 55.7 Å². The third-order valence-corrected chi connectivity index (χ3v) is 15.0. The maximum atomic E-state index is 13.8. The zero-order valence-electron chi connectivity index (χ0n) is 41.7. The first kappa shape index (κ1) is 58.4. The number of halogens is 8. The molecule has 28 heteroatoms. The van der Waals surface area contributed by atoms with E-state index in [1.165, 1.54) is 30.3 Å². The molecule has 4 aliphatic heterocycles. The summed E-state index contributed by atoms with van der Waals surface area (Å²) in [6.45, 7) is 4.84. The van der Waals surface area contributed by atoms with Crippen LogP contribution in [0.5, 0.6) is 0 Å². The summed E-state index contributed by atoms with van der Waals surface area (Å²) in [6, 6.07) is 11.9. The molecule has 4 saturated heterocycles. The van der Waals surface area contributed by atoms with Gasteiger partial charge in [-0.1, -0.05) is 34.8 Å². The van der Waals surface area contributed by atoms with E-state index in [1.807, 2.05) is 19.9 Å². The molecule has 2 atom stereocenters. The van der Waals surface area contributed by atoms with Gasteiger partial charge >= 0.3 is 0 Å². The second kappa shape index (κ2) is 23.4. The predicted molar refractivity (Wildman–Crippen MR) is 287 cm³/mol. The fourth-order valence-electron chi connectivity index (χ4n) is 9.46. The molecular weight excluding hydrogens is 1120 g/mol. The number of benzene rings is 2. The highest BCUT2D eigenvalue weighted by Gasteiger charge is 2.40. The number of amides is 2. The summed E-state index contributed by atoms with van der Waals surface area (Å²) in [5, 5.41) is 12.9. The highest BCUT2D eigenvalue weighted by atomic mass is 35.5. The molecule has 18 nitrogen and oxygen atoms in total. The normalized spacial score (nSPS) is 19.3. The van der Waals surface area contributed by atoms with Crippen molar-refractivity contribution >= 4 is 108 Å². The van der Waals surface area contributed by atoms with Gasteiger partial charge in [-0.25, -0.2) is 53.4 Å². The number of carbonyl (C=O) groups is 2. The summed E-state index contributed by atoms with van der Waals surface area (Å²) in [5.74, 6) is -5.32. The third-order valence-electron chi connectivity index (χ3n) is 13.0. The van der Waals surface area contributed by atoms with E-state index in [9.17, 15) is 44.0 Å². The molecule has 2 aromatic carbocycles. The van der Waals surface area contributed by atoms with Crippen LogP contribution < -0.4 is 19.7 Å². The van der Waals surface area contributed by atoms with Crippen molar-refractivity contribution in [1.82, 2.24) is 44.3 Å². The van der Waals surface area contributed by atoms with Gasteiger partial charge in [0.25, 0.3) is 23.7 Å². The summed E-state index contributed by atoms with van der Waals surface area (Å²) in [4.78, 5) is 41.2. The molecule has 0 radical (unpaired) electrons. The van der Waals surface area contributed by atoms with E-state index in [-0.39, 0.29) is 91.3 Å². The van der Waals surface area contributed by atoms with Gasteiger partial charge in [-0.15, -0.1) is 12.4 Å². The van der Waals surface area contributed by atoms with Crippen LogP contribution in [0, 0.1) is 13.8 Å². The number of nitrogens with zero attached hydrogens (tertiary/aromatic N) is 9. The number of likely N-dealkylation sites (tertiary alicyclic amines) is 2. The van der Waals surface area contributed by atoms with E-state index >= 15 is 0 Å². The van der Waals surface area contributed by atoms with Crippen LogP contribution >= 0.6 is 47.2 Å². The van der Waals surface area contributed by atoms with Gasteiger partial charge in [0.2, 0.25) is 20.0 Å². The number of nitrogens with one attached hydrogen (secondary N) is 3. The largest absolute Gasteiger partial charge is 0.350 e. The third kappa shape index (κ3) is 14.3. The van der Waals surface area contributed by atoms with Crippen molar-refractivity contribution in [2.75, 3.05) is 66.1 Å². The number of hydrogen-bond donors (Lipinski definition) is 3. The second-order valence-corrected chi connectivity index (χ2v) is 23.9. The Morgan fingerprint density at radius 2 is 1.16 bits per heavy atom. The maximum Gasteiger partial charge on any atom is 0.266 e. The average Bonchev–Trinajstić information content (AvgIpc) is 4.14. The lowest BCUT2D eigenvalue weighted by Gasteiger charge is -2.35. The molecule has 2 amide bonds. The summed E-state index contributed by atoms with van der Waals surface area (Å²) >= 11 is 18.4. The summed E-state index contributed by atoms with van der Waals surface area (Å²) in [6.07, 6.45) is 10.3. The van der Waals surface area contributed by atoms with Crippen molar-refractivity contribution in [1.29, 1.82) is 0 Å². The van der Waals surface area contributed by atoms with Crippen LogP contribution in [-0.4, -0.2) is 131 Å². The van der Waals surface area contributed by atoms with Gasteiger partial charge in [0.05, 0.1) is 71.6 Å². The number of fused-ring (bicyclic) bond motifs is 2. The Morgan fingerprint density at radius 3 is 1.58 bits per heavy atom. The van der Waals surface area contributed by atoms with Crippen LogP contribution in [0.25, 0.3) is 11.3 Å². The first-order chi connectivity index (χ1) is 35.2. The van der Waals surface area contributed by atoms with Crippen molar-refractivity contribution in [3.8, 4) is 0 Å². The van der Waals surface area contributed by atoms with Crippen LogP contribution in [-0.2, 0) is 20.0 Å². The first-order valence-corrected chi connectivity index (χ1v) is 28.9. The first-order valence-electron chi connectivity index (χ1n) is 24.0. The zero-order chi connectivity index (χ0) is 54.2. The minimum Gasteiger partial charge on any atom is -0.350 e. The Kier molecular flexibility index (Phi) is 18.0. The van der Waals surface area contributed by atoms with Crippen LogP contribution in [0.3, 0.4) is 0 Å². The van der Waals surface area contributed by atoms with Gasteiger partial charge in [0.1, 0.15) is 11.0 Å². The van der Waals surface area contributed by atoms with Crippen molar-refractivity contribution in [2.45, 2.75) is 89.1 Å². The zero-order valence-corrected chi connectivity index (χ0v) is 46.4. The maximum absolute atomic E-state index is 13.8. The van der Waals surface area contributed by atoms with E-state index in [1.54, 1.807) is 48.3 Å². The molecule has 8 heterocycles. The van der Waals surface area contributed by atoms with Crippen LogP contribution in [0.15, 0.2) is 60.9 Å². The van der Waals surface area contributed by atoms with E-state index in [4.69, 9.17) is 34.8 Å². The number of rotatable bonds is 9. The Labute approximate surface area is 458 Å². The monoisotopic (exact) mass is 1180 g/mol. The molecule has 4 aliphatic rings. The van der Waals surface area contributed by atoms with Gasteiger partial charge in [-0.3, -0.25) is 19.0 Å². The lowest BCUT2D eigenvalue weighted by atomic mass is 9.98. The highest BCUT2D eigenvalue weighted by molar-refractivity contribution is 7.92. The van der Waals surface area contributed by atoms with E-state index < -0.39 is 31.9 Å². The average molecular weight is 1180 g/mol. The van der Waals surface area contributed by atoms with E-state index in [2.05, 4.69) is 34.9 Å².